The number of esters is 1. The van der Waals surface area contributed by atoms with E-state index in [4.69, 9.17) is 4.74 Å². The highest BCUT2D eigenvalue weighted by Gasteiger charge is 2.12. The minimum absolute atomic E-state index is 0.0996. The molecule has 0 amide bonds. The first kappa shape index (κ1) is 14.9. The molecule has 0 aromatic heterocycles. The summed E-state index contributed by atoms with van der Waals surface area (Å²) in [6.07, 6.45) is 0.292. The monoisotopic (exact) mass is 266 g/mol. The molecule has 0 unspecified atom stereocenters. The fraction of sp³-hybridized carbons (Fsp3) is 0.462. The Bertz CT molecular complexity index is 474. The van der Waals surface area contributed by atoms with Gasteiger partial charge in [-0.15, -0.1) is 0 Å². The van der Waals surface area contributed by atoms with Crippen molar-refractivity contribution in [1.29, 1.82) is 0 Å². The second-order valence-electron chi connectivity index (χ2n) is 4.20. The first-order valence-electron chi connectivity index (χ1n) is 6.07. The van der Waals surface area contributed by atoms with Crippen LogP contribution in [0.5, 0.6) is 0 Å². The van der Waals surface area contributed by atoms with Crippen LogP contribution in [0.1, 0.15) is 18.9 Å². The van der Waals surface area contributed by atoms with Gasteiger partial charge in [0.15, 0.2) is 0 Å². The van der Waals surface area contributed by atoms with Crippen LogP contribution < -0.4 is 4.90 Å². The third-order valence-electron chi connectivity index (χ3n) is 2.77. The predicted octanol–water partition coefficient (Wildman–Crippen LogP) is 2.29. The van der Waals surface area contributed by atoms with Crippen molar-refractivity contribution in [1.82, 2.24) is 0 Å². The van der Waals surface area contributed by atoms with E-state index < -0.39 is 4.92 Å². The highest BCUT2D eigenvalue weighted by atomic mass is 16.6. The zero-order valence-electron chi connectivity index (χ0n) is 11.4. The topological polar surface area (TPSA) is 72.7 Å². The SMILES string of the molecule is CCOC(=O)CCN(C)c1ccc([N+](=O)[O-])c(C)c1. The fourth-order valence-electron chi connectivity index (χ4n) is 1.70. The van der Waals surface area contributed by atoms with E-state index in [0.717, 1.165) is 5.69 Å². The summed E-state index contributed by atoms with van der Waals surface area (Å²) in [6.45, 7) is 4.34. The van der Waals surface area contributed by atoms with Crippen LogP contribution in [-0.4, -0.2) is 31.1 Å². The molecular formula is C13H18N2O4. The van der Waals surface area contributed by atoms with Crippen LogP contribution in [0.3, 0.4) is 0 Å². The Morgan fingerprint density at radius 3 is 2.68 bits per heavy atom. The number of hydrogen-bond acceptors (Lipinski definition) is 5. The number of benzene rings is 1. The van der Waals surface area contributed by atoms with Crippen molar-refractivity contribution in [2.24, 2.45) is 0 Å². The number of hydrogen-bond donors (Lipinski definition) is 0. The molecule has 0 bridgehead atoms. The molecule has 1 rings (SSSR count). The number of ether oxygens (including phenoxy) is 1. The number of aryl methyl sites for hydroxylation is 1. The average Bonchev–Trinajstić information content (AvgIpc) is 2.35. The lowest BCUT2D eigenvalue weighted by molar-refractivity contribution is -0.385. The number of nitro groups is 1. The first-order valence-corrected chi connectivity index (χ1v) is 6.07. The minimum Gasteiger partial charge on any atom is -0.466 e. The molecule has 0 saturated heterocycles. The van der Waals surface area contributed by atoms with E-state index in [2.05, 4.69) is 0 Å². The van der Waals surface area contributed by atoms with Gasteiger partial charge in [-0.1, -0.05) is 0 Å². The largest absolute Gasteiger partial charge is 0.466 e. The molecule has 6 nitrogen and oxygen atoms in total. The van der Waals surface area contributed by atoms with Gasteiger partial charge in [0, 0.05) is 30.9 Å². The molecule has 0 aliphatic rings. The van der Waals surface area contributed by atoms with E-state index in [0.29, 0.717) is 25.1 Å². The van der Waals surface area contributed by atoms with Gasteiger partial charge in [0.25, 0.3) is 5.69 Å². The summed E-state index contributed by atoms with van der Waals surface area (Å²) < 4.78 is 4.85. The lowest BCUT2D eigenvalue weighted by Crippen LogP contribution is -2.22. The molecule has 0 radical (unpaired) electrons. The molecule has 0 N–H and O–H groups in total. The second kappa shape index (κ2) is 6.72. The summed E-state index contributed by atoms with van der Waals surface area (Å²) in [6, 6.07) is 4.89. The highest BCUT2D eigenvalue weighted by Crippen LogP contribution is 2.23. The van der Waals surface area contributed by atoms with Gasteiger partial charge in [-0.05, 0) is 26.0 Å². The Balaban J connectivity index is 2.67. The van der Waals surface area contributed by atoms with Crippen molar-refractivity contribution < 1.29 is 14.5 Å². The molecule has 0 aliphatic heterocycles. The van der Waals surface area contributed by atoms with Crippen molar-refractivity contribution in [3.63, 3.8) is 0 Å². The normalized spacial score (nSPS) is 10.1. The van der Waals surface area contributed by atoms with Crippen LogP contribution in [-0.2, 0) is 9.53 Å². The molecule has 104 valence electrons. The van der Waals surface area contributed by atoms with Crippen LogP contribution in [0.15, 0.2) is 18.2 Å². The quantitative estimate of drug-likeness (QED) is 0.448. The van der Waals surface area contributed by atoms with Crippen LogP contribution >= 0.6 is 0 Å². The minimum atomic E-state index is -0.405. The van der Waals surface area contributed by atoms with Crippen molar-refractivity contribution in [3.05, 3.63) is 33.9 Å². The van der Waals surface area contributed by atoms with Gasteiger partial charge in [-0.3, -0.25) is 14.9 Å². The van der Waals surface area contributed by atoms with E-state index in [-0.39, 0.29) is 11.7 Å². The highest BCUT2D eigenvalue weighted by molar-refractivity contribution is 5.70. The predicted molar refractivity (Wildman–Crippen MR) is 72.4 cm³/mol. The molecule has 1 aromatic carbocycles. The lowest BCUT2D eigenvalue weighted by atomic mass is 10.1. The van der Waals surface area contributed by atoms with Crippen molar-refractivity contribution >= 4 is 17.3 Å². The average molecular weight is 266 g/mol. The first-order chi connectivity index (χ1) is 8.95. The summed E-state index contributed by atoms with van der Waals surface area (Å²) in [4.78, 5) is 23.4. The van der Waals surface area contributed by atoms with Crippen LogP contribution in [0.25, 0.3) is 0 Å². The molecule has 1 aromatic rings. The molecular weight excluding hydrogens is 248 g/mol. The zero-order chi connectivity index (χ0) is 14.4. The molecule has 19 heavy (non-hydrogen) atoms. The van der Waals surface area contributed by atoms with E-state index in [9.17, 15) is 14.9 Å². The van der Waals surface area contributed by atoms with Gasteiger partial charge in [-0.25, -0.2) is 0 Å². The smallest absolute Gasteiger partial charge is 0.307 e. The molecule has 0 fully saturated rings. The number of nitrogens with zero attached hydrogens (tertiary/aromatic N) is 2. The van der Waals surface area contributed by atoms with E-state index >= 15 is 0 Å². The fourth-order valence-corrected chi connectivity index (χ4v) is 1.70. The molecule has 0 atom stereocenters. The Hall–Kier alpha value is -2.11. The zero-order valence-corrected chi connectivity index (χ0v) is 11.4. The van der Waals surface area contributed by atoms with Crippen LogP contribution in [0.2, 0.25) is 0 Å². The number of carbonyl (C=O) groups is 1. The number of nitro benzene ring substituents is 1. The summed E-state index contributed by atoms with van der Waals surface area (Å²) in [5.41, 5.74) is 1.54. The maximum Gasteiger partial charge on any atom is 0.307 e. The summed E-state index contributed by atoms with van der Waals surface area (Å²) >= 11 is 0. The third-order valence-corrected chi connectivity index (χ3v) is 2.77. The van der Waals surface area contributed by atoms with Gasteiger partial charge in [0.2, 0.25) is 0 Å². The standard InChI is InChI=1S/C13H18N2O4/c1-4-19-13(16)7-8-14(3)11-5-6-12(15(17)18)10(2)9-11/h5-6,9H,4,7-8H2,1-3H3. The summed E-state index contributed by atoms with van der Waals surface area (Å²) in [5, 5.41) is 10.7. The Kier molecular flexibility index (Phi) is 5.29. The molecule has 0 spiro atoms. The van der Waals surface area contributed by atoms with Crippen molar-refractivity contribution in [3.8, 4) is 0 Å². The van der Waals surface area contributed by atoms with Gasteiger partial charge >= 0.3 is 5.97 Å². The Labute approximate surface area is 112 Å². The van der Waals surface area contributed by atoms with Crippen molar-refractivity contribution in [2.75, 3.05) is 25.1 Å². The van der Waals surface area contributed by atoms with E-state index in [1.165, 1.54) is 6.07 Å². The van der Waals surface area contributed by atoms with Gasteiger partial charge in [-0.2, -0.15) is 0 Å². The maximum absolute atomic E-state index is 11.3. The second-order valence-corrected chi connectivity index (χ2v) is 4.20. The van der Waals surface area contributed by atoms with Crippen molar-refractivity contribution in [2.45, 2.75) is 20.3 Å². The third kappa shape index (κ3) is 4.24. The molecule has 0 heterocycles. The van der Waals surface area contributed by atoms with Gasteiger partial charge in [0.05, 0.1) is 18.0 Å². The van der Waals surface area contributed by atoms with Crippen LogP contribution in [0, 0.1) is 17.0 Å². The number of anilines is 1. The van der Waals surface area contributed by atoms with Gasteiger partial charge < -0.3 is 9.64 Å². The molecule has 0 saturated carbocycles. The number of carbonyl (C=O) groups excluding carboxylic acids is 1. The lowest BCUT2D eigenvalue weighted by Gasteiger charge is -2.19. The molecule has 0 aliphatic carbocycles. The maximum atomic E-state index is 11.3. The number of rotatable bonds is 6. The van der Waals surface area contributed by atoms with E-state index in [1.54, 1.807) is 26.0 Å². The van der Waals surface area contributed by atoms with Gasteiger partial charge in [0.1, 0.15) is 0 Å². The summed E-state index contributed by atoms with van der Waals surface area (Å²) in [7, 11) is 1.83. The van der Waals surface area contributed by atoms with E-state index in [1.807, 2.05) is 11.9 Å². The van der Waals surface area contributed by atoms with Crippen LogP contribution in [0.4, 0.5) is 11.4 Å². The Morgan fingerprint density at radius 2 is 2.16 bits per heavy atom. The Morgan fingerprint density at radius 1 is 1.47 bits per heavy atom. The molecule has 6 heteroatoms. The summed E-state index contributed by atoms with van der Waals surface area (Å²) in [5.74, 6) is -0.243.